The minimum absolute atomic E-state index is 0.0344. The normalized spacial score (nSPS) is 15.7. The number of carboxylic acids is 2. The molecule has 0 aromatic rings. The quantitative estimate of drug-likeness (QED) is 0.190. The molecule has 0 bridgehead atoms. The van der Waals surface area contributed by atoms with E-state index in [1.807, 2.05) is 0 Å². The molecule has 0 saturated carbocycles. The highest BCUT2D eigenvalue weighted by Crippen LogP contribution is 2.22. The molecule has 8 nitrogen and oxygen atoms in total. The molecule has 0 rings (SSSR count). The third-order valence-electron chi connectivity index (χ3n) is 1.99. The first-order valence-corrected chi connectivity index (χ1v) is 7.85. The second-order valence-electron chi connectivity index (χ2n) is 3.65. The average molecular weight is 314 g/mol. The molecule has 3 atom stereocenters. The van der Waals surface area contributed by atoms with Gasteiger partial charge in [0.05, 0.1) is 12.7 Å². The zero-order valence-corrected chi connectivity index (χ0v) is 11.7. The molecule has 0 aliphatic carbocycles. The predicted molar refractivity (Wildman–Crippen MR) is 73.0 cm³/mol. The lowest BCUT2D eigenvalue weighted by Gasteiger charge is -2.16. The molecule has 0 aliphatic heterocycles. The van der Waals surface area contributed by atoms with Gasteiger partial charge in [0.2, 0.25) is 0 Å². The molecule has 0 radical (unpaired) electrons. The molecular weight excluding hydrogens is 296 g/mol. The van der Waals surface area contributed by atoms with Crippen LogP contribution in [0.2, 0.25) is 0 Å². The summed E-state index contributed by atoms with van der Waals surface area (Å²) in [5, 5.41) is 37.7. The molecule has 0 amide bonds. The minimum atomic E-state index is -1.10. The van der Waals surface area contributed by atoms with Gasteiger partial charge < -0.3 is 31.5 Å². The second kappa shape index (κ2) is 10.3. The van der Waals surface area contributed by atoms with Crippen molar-refractivity contribution in [1.29, 1.82) is 0 Å². The van der Waals surface area contributed by atoms with Crippen LogP contribution in [-0.2, 0) is 9.59 Å². The molecule has 0 heterocycles. The Hall–Kier alpha value is -0.520. The molecule has 10 heteroatoms. The van der Waals surface area contributed by atoms with Crippen LogP contribution in [0.1, 0.15) is 0 Å². The maximum atomic E-state index is 10.9. The van der Waals surface area contributed by atoms with Gasteiger partial charge in [-0.3, -0.25) is 9.59 Å². The molecule has 19 heavy (non-hydrogen) atoms. The number of nitrogens with one attached hydrogen (secondary N) is 1. The van der Waals surface area contributed by atoms with Crippen LogP contribution in [0.25, 0.3) is 0 Å². The fourth-order valence-electron chi connectivity index (χ4n) is 0.869. The first-order chi connectivity index (χ1) is 8.88. The summed E-state index contributed by atoms with van der Waals surface area (Å²) in [6, 6.07) is -1.87. The molecule has 0 aliphatic rings. The highest BCUT2D eigenvalue weighted by atomic mass is 33.1. The Morgan fingerprint density at radius 3 is 2.21 bits per heavy atom. The van der Waals surface area contributed by atoms with Crippen molar-refractivity contribution >= 4 is 33.5 Å². The number of hydrogen-bond acceptors (Lipinski definition) is 8. The van der Waals surface area contributed by atoms with E-state index in [1.54, 1.807) is 0 Å². The number of aliphatic carboxylic acids is 2. The van der Waals surface area contributed by atoms with E-state index in [-0.39, 0.29) is 18.1 Å². The van der Waals surface area contributed by atoms with Crippen molar-refractivity contribution in [1.82, 2.24) is 5.32 Å². The minimum Gasteiger partial charge on any atom is -0.480 e. The summed E-state index contributed by atoms with van der Waals surface area (Å²) >= 11 is 0. The van der Waals surface area contributed by atoms with Crippen LogP contribution in [0.15, 0.2) is 0 Å². The topological polar surface area (TPSA) is 153 Å². The summed E-state index contributed by atoms with van der Waals surface area (Å²) in [6.45, 7) is -0.484. The van der Waals surface area contributed by atoms with E-state index in [9.17, 15) is 9.59 Å². The Kier molecular flexibility index (Phi) is 10.0. The second-order valence-corrected chi connectivity index (χ2v) is 6.20. The third kappa shape index (κ3) is 9.08. The van der Waals surface area contributed by atoms with Gasteiger partial charge in [0.15, 0.2) is 0 Å². The van der Waals surface area contributed by atoms with Crippen molar-refractivity contribution in [2.24, 2.45) is 5.73 Å². The standard InChI is InChI=1S/C9H18N2O6S2/c10-6(8(14)15)3-18-19-4-7(9(16)17)11-1-5(13)2-12/h5-7,11-13H,1-4,10H2,(H,14,15)(H,16,17). The smallest absolute Gasteiger partial charge is 0.321 e. The van der Waals surface area contributed by atoms with E-state index in [4.69, 9.17) is 26.2 Å². The van der Waals surface area contributed by atoms with Gasteiger partial charge in [-0.05, 0) is 0 Å². The summed E-state index contributed by atoms with van der Waals surface area (Å²) in [6.07, 6.45) is -1.01. The lowest BCUT2D eigenvalue weighted by molar-refractivity contribution is -0.139. The summed E-state index contributed by atoms with van der Waals surface area (Å²) in [7, 11) is 2.35. The van der Waals surface area contributed by atoms with Crippen molar-refractivity contribution in [3.05, 3.63) is 0 Å². The van der Waals surface area contributed by atoms with Gasteiger partial charge in [0, 0.05) is 18.1 Å². The monoisotopic (exact) mass is 314 g/mol. The Bertz CT molecular complexity index is 294. The molecule has 0 aromatic carbocycles. The summed E-state index contributed by atoms with van der Waals surface area (Å²) in [4.78, 5) is 21.3. The molecule has 112 valence electrons. The van der Waals surface area contributed by atoms with Crippen LogP contribution in [0.5, 0.6) is 0 Å². The summed E-state index contributed by atoms with van der Waals surface area (Å²) < 4.78 is 0. The van der Waals surface area contributed by atoms with Gasteiger partial charge in [0.25, 0.3) is 0 Å². The van der Waals surface area contributed by atoms with Gasteiger partial charge in [-0.1, -0.05) is 21.6 Å². The molecule has 0 spiro atoms. The number of carboxylic acid groups (broad SMARTS) is 2. The molecular formula is C9H18N2O6S2. The van der Waals surface area contributed by atoms with Crippen LogP contribution in [0, 0.1) is 0 Å². The Morgan fingerprint density at radius 1 is 1.16 bits per heavy atom. The van der Waals surface area contributed by atoms with Gasteiger partial charge in [-0.25, -0.2) is 0 Å². The molecule has 3 unspecified atom stereocenters. The highest BCUT2D eigenvalue weighted by Gasteiger charge is 2.19. The van der Waals surface area contributed by atoms with Crippen LogP contribution in [-0.4, -0.2) is 75.2 Å². The first kappa shape index (κ1) is 18.5. The van der Waals surface area contributed by atoms with Crippen LogP contribution in [0.4, 0.5) is 0 Å². The van der Waals surface area contributed by atoms with Crippen LogP contribution >= 0.6 is 21.6 Å². The van der Waals surface area contributed by atoms with Crippen molar-refractivity contribution in [3.8, 4) is 0 Å². The number of aliphatic hydroxyl groups is 2. The van der Waals surface area contributed by atoms with Gasteiger partial charge in [0.1, 0.15) is 12.1 Å². The fraction of sp³-hybridized carbons (Fsp3) is 0.778. The number of aliphatic hydroxyl groups excluding tert-OH is 2. The largest absolute Gasteiger partial charge is 0.480 e. The van der Waals surface area contributed by atoms with Gasteiger partial charge in [-0.15, -0.1) is 0 Å². The number of hydrogen-bond donors (Lipinski definition) is 6. The average Bonchev–Trinajstić information content (AvgIpc) is 2.36. The van der Waals surface area contributed by atoms with E-state index < -0.39 is 36.7 Å². The zero-order valence-electron chi connectivity index (χ0n) is 10.1. The van der Waals surface area contributed by atoms with E-state index in [1.165, 1.54) is 21.6 Å². The number of rotatable bonds is 11. The van der Waals surface area contributed by atoms with Crippen molar-refractivity contribution in [2.45, 2.75) is 18.2 Å². The highest BCUT2D eigenvalue weighted by molar-refractivity contribution is 8.76. The number of nitrogens with two attached hydrogens (primary N) is 1. The van der Waals surface area contributed by atoms with Crippen molar-refractivity contribution in [2.75, 3.05) is 24.7 Å². The van der Waals surface area contributed by atoms with Gasteiger partial charge in [-0.2, -0.15) is 0 Å². The lowest BCUT2D eigenvalue weighted by atomic mass is 10.3. The fourth-order valence-corrected chi connectivity index (χ4v) is 3.17. The molecule has 0 saturated heterocycles. The Labute approximate surface area is 118 Å². The van der Waals surface area contributed by atoms with E-state index in [0.29, 0.717) is 0 Å². The van der Waals surface area contributed by atoms with Crippen molar-refractivity contribution < 1.29 is 30.0 Å². The van der Waals surface area contributed by atoms with Crippen molar-refractivity contribution in [3.63, 3.8) is 0 Å². The van der Waals surface area contributed by atoms with Gasteiger partial charge >= 0.3 is 11.9 Å². The third-order valence-corrected chi connectivity index (χ3v) is 4.44. The molecule has 7 N–H and O–H groups in total. The first-order valence-electron chi connectivity index (χ1n) is 5.36. The van der Waals surface area contributed by atoms with Crippen LogP contribution in [0.3, 0.4) is 0 Å². The predicted octanol–water partition coefficient (Wildman–Crippen LogP) is -1.82. The zero-order chi connectivity index (χ0) is 14.8. The summed E-state index contributed by atoms with van der Waals surface area (Å²) in [5.41, 5.74) is 5.28. The molecule has 0 aromatic heterocycles. The maximum absolute atomic E-state index is 10.9. The molecule has 0 fully saturated rings. The van der Waals surface area contributed by atoms with E-state index in [0.717, 1.165) is 0 Å². The summed E-state index contributed by atoms with van der Waals surface area (Å²) in [5.74, 6) is -1.83. The van der Waals surface area contributed by atoms with E-state index in [2.05, 4.69) is 5.32 Å². The van der Waals surface area contributed by atoms with Crippen LogP contribution < -0.4 is 11.1 Å². The number of carbonyl (C=O) groups is 2. The SMILES string of the molecule is NC(CSSCC(NCC(O)CO)C(=O)O)C(=O)O. The van der Waals surface area contributed by atoms with E-state index >= 15 is 0 Å². The Balaban J connectivity index is 3.89. The maximum Gasteiger partial charge on any atom is 0.321 e. The Morgan fingerprint density at radius 2 is 1.74 bits per heavy atom. The lowest BCUT2D eigenvalue weighted by Crippen LogP contribution is -2.43.